The van der Waals surface area contributed by atoms with Crippen LogP contribution >= 0.6 is 0 Å². The molecule has 0 saturated carbocycles. The molecular formula is C21H31Cl2OTi-2. The normalized spacial score (nSPS) is 15.6. The summed E-state index contributed by atoms with van der Waals surface area (Å²) in [4.78, 5) is 3.25. The number of rotatable bonds is 0. The molecule has 0 bridgehead atoms. The van der Waals surface area contributed by atoms with Crippen molar-refractivity contribution in [2.75, 3.05) is 0 Å². The molecule has 1 N–H and O–H groups in total. The molecule has 141 valence electrons. The molecule has 0 radical (unpaired) electrons. The fraction of sp³-hybridized carbons (Fsp3) is 0.476. The second-order valence-electron chi connectivity index (χ2n) is 7.11. The van der Waals surface area contributed by atoms with Gasteiger partial charge in [0.25, 0.3) is 0 Å². The fourth-order valence-electron chi connectivity index (χ4n) is 2.36. The Hall–Kier alpha value is -0.336. The van der Waals surface area contributed by atoms with E-state index in [1.54, 1.807) is 26.0 Å². The molecule has 1 aromatic carbocycles. The Morgan fingerprint density at radius 2 is 1.48 bits per heavy atom. The first-order chi connectivity index (χ1) is 10.5. The van der Waals surface area contributed by atoms with Crippen LogP contribution in [0.3, 0.4) is 0 Å². The number of phenolic OH excluding ortho intramolecular Hbond substituents is 1. The summed E-state index contributed by atoms with van der Waals surface area (Å²) >= 11 is 1.75. The van der Waals surface area contributed by atoms with Gasteiger partial charge in [-0.05, 0) is 35.6 Å². The average Bonchev–Trinajstić information content (AvgIpc) is 2.66. The Kier molecular flexibility index (Phi) is 15.2. The summed E-state index contributed by atoms with van der Waals surface area (Å²) < 4.78 is 0. The molecule has 1 nitrogen and oxygen atoms in total. The van der Waals surface area contributed by atoms with Crippen molar-refractivity contribution < 1.29 is 49.9 Å². The van der Waals surface area contributed by atoms with E-state index in [9.17, 15) is 5.11 Å². The molecule has 0 spiro atoms. The topological polar surface area (TPSA) is 20.2 Å². The van der Waals surface area contributed by atoms with Crippen molar-refractivity contribution in [1.29, 1.82) is 0 Å². The molecule has 1 aliphatic rings. The fourth-order valence-corrected chi connectivity index (χ4v) is 2.36. The summed E-state index contributed by atoms with van der Waals surface area (Å²) in [5.74, 6) is 0.921. The first-order valence-electron chi connectivity index (χ1n) is 7.96. The Morgan fingerprint density at radius 1 is 1.00 bits per heavy atom. The maximum absolute atomic E-state index is 9.36. The van der Waals surface area contributed by atoms with Gasteiger partial charge in [0.05, 0.1) is 0 Å². The van der Waals surface area contributed by atoms with Gasteiger partial charge in [-0.2, -0.15) is 11.1 Å². The van der Waals surface area contributed by atoms with E-state index < -0.39 is 0 Å². The third kappa shape index (κ3) is 9.80. The van der Waals surface area contributed by atoms with Crippen LogP contribution in [-0.2, 0) is 25.4 Å². The summed E-state index contributed by atoms with van der Waals surface area (Å²) in [5.41, 5.74) is 6.65. The average molecular weight is 418 g/mol. The minimum Gasteiger partial charge on any atom is -1.00 e. The van der Waals surface area contributed by atoms with Crippen molar-refractivity contribution in [3.8, 4) is 5.75 Å². The largest absolute Gasteiger partial charge is 1.00 e. The summed E-state index contributed by atoms with van der Waals surface area (Å²) in [6.45, 7) is 17.1. The van der Waals surface area contributed by atoms with Gasteiger partial charge in [-0.3, -0.25) is 6.08 Å². The molecule has 0 fully saturated rings. The number of hydrogen-bond donors (Lipinski definition) is 1. The van der Waals surface area contributed by atoms with Crippen LogP contribution in [0, 0.1) is 18.9 Å². The van der Waals surface area contributed by atoms with Gasteiger partial charge in [-0.15, -0.1) is 6.92 Å². The summed E-state index contributed by atoms with van der Waals surface area (Å²) in [7, 11) is 0. The van der Waals surface area contributed by atoms with Crippen LogP contribution in [0.4, 0.5) is 0 Å². The third-order valence-corrected chi connectivity index (χ3v) is 4.16. The van der Waals surface area contributed by atoms with Crippen molar-refractivity contribution in [2.45, 2.75) is 60.8 Å². The zero-order valence-electron chi connectivity index (χ0n) is 16.7. The molecular weight excluding hydrogens is 387 g/mol. The molecule has 4 heteroatoms. The monoisotopic (exact) mass is 417 g/mol. The van der Waals surface area contributed by atoms with E-state index in [1.165, 1.54) is 22.3 Å². The summed E-state index contributed by atoms with van der Waals surface area (Å²) in [6.07, 6.45) is 3.36. The molecule has 0 aromatic heterocycles. The predicted molar refractivity (Wildman–Crippen MR) is 98.6 cm³/mol. The number of halogens is 2. The van der Waals surface area contributed by atoms with Crippen LogP contribution < -0.4 is 24.8 Å². The first-order valence-corrected chi connectivity index (χ1v) is 9.07. The van der Waals surface area contributed by atoms with Crippen molar-refractivity contribution in [2.24, 2.45) is 5.92 Å². The van der Waals surface area contributed by atoms with Gasteiger partial charge in [-0.25, -0.2) is 5.57 Å². The van der Waals surface area contributed by atoms with Gasteiger partial charge < -0.3 is 29.9 Å². The SMILES string of the molecule is CC1=[C-]C(C)C(C)=C1C.Cc1cc(O)cc(C(C)(C)C)c1.[CH2]=[Ti+].[Cl-].[Cl-]. The third-order valence-electron chi connectivity index (χ3n) is 4.16. The Balaban J connectivity index is -0.000000336. The number of aryl methyl sites for hydroxylation is 1. The molecule has 25 heavy (non-hydrogen) atoms. The second-order valence-corrected chi connectivity index (χ2v) is 7.11. The van der Waals surface area contributed by atoms with Gasteiger partial charge in [-0.1, -0.05) is 53.5 Å². The smallest absolute Gasteiger partial charge is 1.00 e. The molecule has 0 saturated heterocycles. The Morgan fingerprint density at radius 3 is 1.72 bits per heavy atom. The maximum Gasteiger partial charge on any atom is -1.00 e. The first kappa shape index (κ1) is 29.4. The maximum atomic E-state index is 9.36. The van der Waals surface area contributed by atoms with Crippen LogP contribution in [0.1, 0.15) is 59.6 Å². The van der Waals surface area contributed by atoms with E-state index in [1.807, 2.05) is 13.0 Å². The van der Waals surface area contributed by atoms with Crippen LogP contribution in [0.25, 0.3) is 0 Å². The summed E-state index contributed by atoms with van der Waals surface area (Å²) in [6, 6.07) is 5.71. The predicted octanol–water partition coefficient (Wildman–Crippen LogP) is -0.307. The van der Waals surface area contributed by atoms with Gasteiger partial charge >= 0.3 is 24.8 Å². The zero-order valence-corrected chi connectivity index (χ0v) is 19.8. The van der Waals surface area contributed by atoms with Crippen LogP contribution in [-0.4, -0.2) is 9.92 Å². The molecule has 1 aliphatic carbocycles. The molecule has 2 rings (SSSR count). The second kappa shape index (κ2) is 12.9. The standard InChI is InChI=1S/C11H16O.C9H13.CH2.2ClH.Ti/c1-8-5-9(11(2,3)4)7-10(12)6-8;1-6-5-7(2)9(4)8(6)3;;;;/h5-7,12H,1-4H3;6H,1-4H3;1H2;2*1H;/q;-1;;;;+1/p-2. The van der Waals surface area contributed by atoms with Crippen LogP contribution in [0.2, 0.25) is 0 Å². The molecule has 0 aliphatic heterocycles. The van der Waals surface area contributed by atoms with Gasteiger partial charge in [0.2, 0.25) is 0 Å². The van der Waals surface area contributed by atoms with Crippen LogP contribution in [0.15, 0.2) is 34.9 Å². The minimum atomic E-state index is 0. The van der Waals surface area contributed by atoms with Gasteiger partial charge in [0.15, 0.2) is 0 Å². The number of hydrogen-bond acceptors (Lipinski definition) is 1. The van der Waals surface area contributed by atoms with E-state index in [4.69, 9.17) is 0 Å². The summed E-state index contributed by atoms with van der Waals surface area (Å²) in [5, 5.41) is 9.36. The minimum absolute atomic E-state index is 0. The quantitative estimate of drug-likeness (QED) is 0.453. The van der Waals surface area contributed by atoms with E-state index in [-0.39, 0.29) is 30.2 Å². The number of aromatic hydroxyl groups is 1. The van der Waals surface area contributed by atoms with E-state index in [0.717, 1.165) is 5.56 Å². The van der Waals surface area contributed by atoms with Gasteiger partial charge in [0.1, 0.15) is 5.75 Å². The molecule has 1 unspecified atom stereocenters. The number of allylic oxidation sites excluding steroid dienone is 4. The zero-order chi connectivity index (χ0) is 18.4. The van der Waals surface area contributed by atoms with Crippen molar-refractivity contribution >= 4 is 4.82 Å². The number of benzene rings is 1. The molecule has 0 heterocycles. The van der Waals surface area contributed by atoms with E-state index in [2.05, 4.69) is 65.4 Å². The Labute approximate surface area is 178 Å². The molecule has 1 atom stereocenters. The van der Waals surface area contributed by atoms with Crippen molar-refractivity contribution in [3.63, 3.8) is 0 Å². The van der Waals surface area contributed by atoms with Crippen molar-refractivity contribution in [1.82, 2.24) is 0 Å². The van der Waals surface area contributed by atoms with Gasteiger partial charge in [0, 0.05) is 0 Å². The van der Waals surface area contributed by atoms with Crippen LogP contribution in [0.5, 0.6) is 5.75 Å². The Bertz CT molecular complexity index is 578. The van der Waals surface area contributed by atoms with E-state index in [0.29, 0.717) is 11.7 Å². The van der Waals surface area contributed by atoms with E-state index >= 15 is 0 Å². The van der Waals surface area contributed by atoms with Crippen molar-refractivity contribution in [3.05, 3.63) is 52.1 Å². The molecule has 1 aromatic rings. The number of phenols is 1. The molecule has 0 amide bonds.